The summed E-state index contributed by atoms with van der Waals surface area (Å²) in [5.74, 6) is 0.0588. The molecule has 0 saturated carbocycles. The van der Waals surface area contributed by atoms with Crippen LogP contribution in [0.5, 0.6) is 0 Å². The summed E-state index contributed by atoms with van der Waals surface area (Å²) in [6, 6.07) is 6.88. The van der Waals surface area contributed by atoms with Crippen LogP contribution >= 0.6 is 0 Å². The van der Waals surface area contributed by atoms with Crippen LogP contribution in [0.2, 0.25) is 0 Å². The number of aromatic nitrogens is 5. The summed E-state index contributed by atoms with van der Waals surface area (Å²) in [4.78, 5) is 15.5. The number of pyridine rings is 1. The van der Waals surface area contributed by atoms with Crippen molar-refractivity contribution in [3.05, 3.63) is 59.4 Å². The molecule has 2 N–H and O–H groups in total. The zero-order valence-electron chi connectivity index (χ0n) is 14.4. The Bertz CT molecular complexity index is 908. The molecule has 0 aliphatic rings. The zero-order valence-corrected chi connectivity index (χ0v) is 14.4. The van der Waals surface area contributed by atoms with E-state index in [1.54, 1.807) is 16.8 Å². The summed E-state index contributed by atoms with van der Waals surface area (Å²) >= 11 is 0. The first-order valence-corrected chi connectivity index (χ1v) is 8.03. The second-order valence-electron chi connectivity index (χ2n) is 5.65. The van der Waals surface area contributed by atoms with Gasteiger partial charge in [0, 0.05) is 25.0 Å². The van der Waals surface area contributed by atoms with Crippen molar-refractivity contribution < 1.29 is 9.18 Å². The Hall–Kier alpha value is -3.36. The smallest absolute Gasteiger partial charge is 0.254 e. The SMILES string of the molecule is Cc1cc(C)n(-c2ccc(NCCNC(=O)c3ccncc3F)nn2)n1. The highest BCUT2D eigenvalue weighted by Gasteiger charge is 2.10. The molecule has 0 aromatic carbocycles. The number of aryl methyl sites for hydroxylation is 2. The maximum absolute atomic E-state index is 13.5. The number of rotatable bonds is 6. The molecule has 0 bridgehead atoms. The number of nitrogens with zero attached hydrogens (tertiary/aromatic N) is 5. The highest BCUT2D eigenvalue weighted by molar-refractivity contribution is 5.94. The van der Waals surface area contributed by atoms with E-state index >= 15 is 0 Å². The lowest BCUT2D eigenvalue weighted by Gasteiger charge is -2.08. The summed E-state index contributed by atoms with van der Waals surface area (Å²) in [7, 11) is 0. The van der Waals surface area contributed by atoms with E-state index in [9.17, 15) is 9.18 Å². The lowest BCUT2D eigenvalue weighted by Crippen LogP contribution is -2.29. The van der Waals surface area contributed by atoms with Gasteiger partial charge in [0.1, 0.15) is 5.82 Å². The van der Waals surface area contributed by atoms with Crippen LogP contribution < -0.4 is 10.6 Å². The molecular formula is C17H18FN7O. The van der Waals surface area contributed by atoms with Gasteiger partial charge in [0.2, 0.25) is 0 Å². The predicted octanol–water partition coefficient (Wildman–Crippen LogP) is 1.66. The van der Waals surface area contributed by atoms with Gasteiger partial charge in [-0.1, -0.05) is 0 Å². The van der Waals surface area contributed by atoms with Gasteiger partial charge in [-0.05, 0) is 38.1 Å². The molecule has 0 radical (unpaired) electrons. The molecule has 134 valence electrons. The second-order valence-corrected chi connectivity index (χ2v) is 5.65. The maximum Gasteiger partial charge on any atom is 0.254 e. The number of amides is 1. The van der Waals surface area contributed by atoms with Gasteiger partial charge in [-0.2, -0.15) is 5.10 Å². The monoisotopic (exact) mass is 355 g/mol. The van der Waals surface area contributed by atoms with Crippen LogP contribution in [0.15, 0.2) is 36.7 Å². The van der Waals surface area contributed by atoms with E-state index in [0.29, 0.717) is 24.7 Å². The minimum Gasteiger partial charge on any atom is -0.367 e. The van der Waals surface area contributed by atoms with Crippen molar-refractivity contribution in [1.82, 2.24) is 30.3 Å². The fourth-order valence-corrected chi connectivity index (χ4v) is 2.41. The number of hydrogen-bond donors (Lipinski definition) is 2. The van der Waals surface area contributed by atoms with Crippen LogP contribution in [-0.2, 0) is 0 Å². The average Bonchev–Trinajstić information content (AvgIpc) is 2.97. The van der Waals surface area contributed by atoms with Crippen LogP contribution in [0.1, 0.15) is 21.7 Å². The Morgan fingerprint density at radius 3 is 2.69 bits per heavy atom. The molecular weight excluding hydrogens is 337 g/mol. The van der Waals surface area contributed by atoms with Crippen molar-refractivity contribution in [3.8, 4) is 5.82 Å². The highest BCUT2D eigenvalue weighted by Crippen LogP contribution is 2.10. The molecule has 3 rings (SSSR count). The van der Waals surface area contributed by atoms with Crippen molar-refractivity contribution in [2.45, 2.75) is 13.8 Å². The molecule has 8 nitrogen and oxygen atoms in total. The third-order valence-corrected chi connectivity index (χ3v) is 3.61. The molecule has 0 saturated heterocycles. The number of anilines is 1. The van der Waals surface area contributed by atoms with Gasteiger partial charge in [-0.3, -0.25) is 9.78 Å². The van der Waals surface area contributed by atoms with Crippen LogP contribution in [0, 0.1) is 19.7 Å². The lowest BCUT2D eigenvalue weighted by molar-refractivity contribution is 0.0951. The van der Waals surface area contributed by atoms with E-state index < -0.39 is 11.7 Å². The Morgan fingerprint density at radius 1 is 1.19 bits per heavy atom. The first kappa shape index (κ1) is 17.5. The predicted molar refractivity (Wildman–Crippen MR) is 93.6 cm³/mol. The molecule has 0 fully saturated rings. The molecule has 0 atom stereocenters. The van der Waals surface area contributed by atoms with Gasteiger partial charge in [-0.15, -0.1) is 10.2 Å². The Labute approximate surface area is 149 Å². The molecule has 1 amide bonds. The number of hydrogen-bond acceptors (Lipinski definition) is 6. The van der Waals surface area contributed by atoms with Gasteiger partial charge in [-0.25, -0.2) is 9.07 Å². The van der Waals surface area contributed by atoms with Crippen LogP contribution in [0.3, 0.4) is 0 Å². The van der Waals surface area contributed by atoms with Crippen LogP contribution in [0.4, 0.5) is 10.2 Å². The molecule has 0 aliphatic carbocycles. The Balaban J connectivity index is 1.50. The standard InChI is InChI=1S/C17H18FN7O/c1-11-9-12(2)25(24-11)16-4-3-15(22-23-16)20-7-8-21-17(26)13-5-6-19-10-14(13)18/h3-6,9-10H,7-8H2,1-2H3,(H,20,22)(H,21,26). The van der Waals surface area contributed by atoms with Crippen molar-refractivity contribution in [2.75, 3.05) is 18.4 Å². The largest absolute Gasteiger partial charge is 0.367 e. The van der Waals surface area contributed by atoms with E-state index in [0.717, 1.165) is 17.6 Å². The normalized spacial score (nSPS) is 10.6. The van der Waals surface area contributed by atoms with Crippen molar-refractivity contribution in [2.24, 2.45) is 0 Å². The molecule has 3 aromatic rings. The molecule has 0 spiro atoms. The summed E-state index contributed by atoms with van der Waals surface area (Å²) in [5, 5.41) is 18.3. The maximum atomic E-state index is 13.5. The average molecular weight is 355 g/mol. The molecule has 3 heterocycles. The van der Waals surface area contributed by atoms with Gasteiger partial charge in [0.15, 0.2) is 11.6 Å². The topological polar surface area (TPSA) is 97.6 Å². The third-order valence-electron chi connectivity index (χ3n) is 3.61. The lowest BCUT2D eigenvalue weighted by atomic mass is 10.2. The fraction of sp³-hybridized carbons (Fsp3) is 0.235. The molecule has 0 unspecified atom stereocenters. The van der Waals surface area contributed by atoms with E-state index in [1.165, 1.54) is 12.3 Å². The summed E-state index contributed by atoms with van der Waals surface area (Å²) < 4.78 is 15.2. The van der Waals surface area contributed by atoms with Crippen LogP contribution in [0.25, 0.3) is 5.82 Å². The summed E-state index contributed by atoms with van der Waals surface area (Å²) in [5.41, 5.74) is 1.85. The van der Waals surface area contributed by atoms with Gasteiger partial charge in [0.05, 0.1) is 17.5 Å². The molecule has 3 aromatic heterocycles. The second kappa shape index (κ2) is 7.68. The van der Waals surface area contributed by atoms with Crippen molar-refractivity contribution >= 4 is 11.7 Å². The van der Waals surface area contributed by atoms with E-state index in [4.69, 9.17) is 0 Å². The molecule has 26 heavy (non-hydrogen) atoms. The number of carbonyl (C=O) groups is 1. The first-order valence-electron chi connectivity index (χ1n) is 8.03. The fourth-order valence-electron chi connectivity index (χ4n) is 2.41. The zero-order chi connectivity index (χ0) is 18.5. The summed E-state index contributed by atoms with van der Waals surface area (Å²) in [6.07, 6.45) is 2.38. The minimum absolute atomic E-state index is 0.0333. The number of nitrogens with one attached hydrogen (secondary N) is 2. The number of halogens is 1. The minimum atomic E-state index is -0.649. The van der Waals surface area contributed by atoms with E-state index in [1.807, 2.05) is 19.9 Å². The quantitative estimate of drug-likeness (QED) is 0.653. The number of carbonyl (C=O) groups excluding carboxylic acids is 1. The van der Waals surface area contributed by atoms with Crippen molar-refractivity contribution in [3.63, 3.8) is 0 Å². The van der Waals surface area contributed by atoms with Gasteiger partial charge < -0.3 is 10.6 Å². The van der Waals surface area contributed by atoms with Crippen molar-refractivity contribution in [1.29, 1.82) is 0 Å². The Kier molecular flexibility index (Phi) is 5.16. The van der Waals surface area contributed by atoms with E-state index in [-0.39, 0.29) is 5.56 Å². The summed E-state index contributed by atoms with van der Waals surface area (Å²) in [6.45, 7) is 4.59. The van der Waals surface area contributed by atoms with E-state index in [2.05, 4.69) is 30.9 Å². The first-order chi connectivity index (χ1) is 12.5. The highest BCUT2D eigenvalue weighted by atomic mass is 19.1. The third kappa shape index (κ3) is 4.00. The van der Waals surface area contributed by atoms with Gasteiger partial charge in [0.25, 0.3) is 5.91 Å². The molecule has 0 aliphatic heterocycles. The van der Waals surface area contributed by atoms with Gasteiger partial charge >= 0.3 is 0 Å². The molecule has 9 heteroatoms. The van der Waals surface area contributed by atoms with Crippen LogP contribution in [-0.4, -0.2) is 44.0 Å². The Morgan fingerprint density at radius 2 is 2.04 bits per heavy atom.